The number of carboxylic acid groups (broad SMARTS) is 1. The van der Waals surface area contributed by atoms with Gasteiger partial charge >= 0.3 is 12.0 Å². The van der Waals surface area contributed by atoms with Crippen LogP contribution in [0.25, 0.3) is 0 Å². The molecule has 6 nitrogen and oxygen atoms in total. The molecule has 6 heteroatoms. The minimum Gasteiger partial charge on any atom is -0.497 e. The van der Waals surface area contributed by atoms with Crippen molar-refractivity contribution >= 4 is 17.7 Å². The third-order valence-electron chi connectivity index (χ3n) is 3.56. The monoisotopic (exact) mass is 294 g/mol. The molecule has 1 rings (SSSR count). The molecule has 0 radical (unpaired) electrons. The highest BCUT2D eigenvalue weighted by Gasteiger charge is 2.16. The summed E-state index contributed by atoms with van der Waals surface area (Å²) in [6.07, 6.45) is 0.949. The van der Waals surface area contributed by atoms with Crippen molar-refractivity contribution in [2.75, 3.05) is 12.4 Å². The normalized spacial score (nSPS) is 13.1. The van der Waals surface area contributed by atoms with Gasteiger partial charge in [0.15, 0.2) is 0 Å². The van der Waals surface area contributed by atoms with Crippen molar-refractivity contribution in [2.24, 2.45) is 5.92 Å². The topological polar surface area (TPSA) is 87.7 Å². The Morgan fingerprint density at radius 1 is 1.33 bits per heavy atom. The van der Waals surface area contributed by atoms with E-state index in [-0.39, 0.29) is 17.3 Å². The van der Waals surface area contributed by atoms with E-state index < -0.39 is 12.0 Å². The summed E-state index contributed by atoms with van der Waals surface area (Å²) in [5.41, 5.74) is 0.220. The molecule has 0 spiro atoms. The summed E-state index contributed by atoms with van der Waals surface area (Å²) in [6.45, 7) is 6.01. The second-order valence-electron chi connectivity index (χ2n) is 4.99. The summed E-state index contributed by atoms with van der Waals surface area (Å²) < 4.78 is 4.98. The van der Waals surface area contributed by atoms with Crippen molar-refractivity contribution in [1.82, 2.24) is 5.32 Å². The zero-order valence-electron chi connectivity index (χ0n) is 12.8. The van der Waals surface area contributed by atoms with Gasteiger partial charge < -0.3 is 20.5 Å². The number of benzene rings is 1. The summed E-state index contributed by atoms with van der Waals surface area (Å²) in [7, 11) is 1.45. The van der Waals surface area contributed by atoms with Gasteiger partial charge in [0.25, 0.3) is 0 Å². The number of ether oxygens (including phenoxy) is 1. The molecule has 2 unspecified atom stereocenters. The largest absolute Gasteiger partial charge is 0.497 e. The Balaban J connectivity index is 2.82. The van der Waals surface area contributed by atoms with Crippen LogP contribution >= 0.6 is 0 Å². The SMILES string of the molecule is CCC(C)C(C)NC(=O)Nc1ccc(OC)cc1C(=O)O. The summed E-state index contributed by atoms with van der Waals surface area (Å²) in [5.74, 6) is -0.365. The number of hydrogen-bond acceptors (Lipinski definition) is 3. The van der Waals surface area contributed by atoms with E-state index in [0.29, 0.717) is 11.7 Å². The molecule has 1 aromatic rings. The average Bonchev–Trinajstić information content (AvgIpc) is 2.46. The molecule has 116 valence electrons. The Morgan fingerprint density at radius 3 is 2.52 bits per heavy atom. The van der Waals surface area contributed by atoms with Crippen LogP contribution < -0.4 is 15.4 Å². The van der Waals surface area contributed by atoms with Gasteiger partial charge in [0.05, 0.1) is 18.4 Å². The lowest BCUT2D eigenvalue weighted by atomic mass is 10.0. The fourth-order valence-corrected chi connectivity index (χ4v) is 1.80. The Labute approximate surface area is 124 Å². The first kappa shape index (κ1) is 16.8. The lowest BCUT2D eigenvalue weighted by Gasteiger charge is -2.20. The van der Waals surface area contributed by atoms with Crippen molar-refractivity contribution in [3.63, 3.8) is 0 Å². The predicted molar refractivity (Wildman–Crippen MR) is 81.0 cm³/mol. The number of carbonyl (C=O) groups excluding carboxylic acids is 1. The molecular formula is C15H22N2O4. The first-order chi connectivity index (χ1) is 9.88. The van der Waals surface area contributed by atoms with Gasteiger partial charge in [-0.05, 0) is 31.0 Å². The number of nitrogens with one attached hydrogen (secondary N) is 2. The lowest BCUT2D eigenvalue weighted by Crippen LogP contribution is -2.39. The van der Waals surface area contributed by atoms with Crippen LogP contribution in [0.2, 0.25) is 0 Å². The molecule has 0 aliphatic carbocycles. The summed E-state index contributed by atoms with van der Waals surface area (Å²) in [6, 6.07) is 4.06. The highest BCUT2D eigenvalue weighted by atomic mass is 16.5. The number of amides is 2. The highest BCUT2D eigenvalue weighted by molar-refractivity contribution is 6.00. The standard InChI is InChI=1S/C15H22N2O4/c1-5-9(2)10(3)16-15(20)17-13-7-6-11(21-4)8-12(13)14(18)19/h6-10H,5H2,1-4H3,(H,18,19)(H2,16,17,20). The van der Waals surface area contributed by atoms with E-state index in [1.165, 1.54) is 19.2 Å². The number of hydrogen-bond donors (Lipinski definition) is 3. The predicted octanol–water partition coefficient (Wildman–Crippen LogP) is 2.95. The number of methoxy groups -OCH3 is 1. The molecule has 2 atom stereocenters. The van der Waals surface area contributed by atoms with Gasteiger partial charge in [-0.25, -0.2) is 9.59 Å². The van der Waals surface area contributed by atoms with Gasteiger partial charge in [0, 0.05) is 6.04 Å². The fraction of sp³-hybridized carbons (Fsp3) is 0.467. The van der Waals surface area contributed by atoms with Crippen LogP contribution in [0.5, 0.6) is 5.75 Å². The number of anilines is 1. The van der Waals surface area contributed by atoms with Crippen LogP contribution in [0.3, 0.4) is 0 Å². The summed E-state index contributed by atoms with van der Waals surface area (Å²) >= 11 is 0. The van der Waals surface area contributed by atoms with Crippen molar-refractivity contribution < 1.29 is 19.4 Å². The molecule has 0 aliphatic rings. The zero-order chi connectivity index (χ0) is 16.0. The van der Waals surface area contributed by atoms with E-state index in [4.69, 9.17) is 4.74 Å². The Morgan fingerprint density at radius 2 is 2.00 bits per heavy atom. The second-order valence-corrected chi connectivity index (χ2v) is 4.99. The van der Waals surface area contributed by atoms with Crippen LogP contribution in [0.4, 0.5) is 10.5 Å². The second kappa shape index (κ2) is 7.52. The van der Waals surface area contributed by atoms with Gasteiger partial charge in [0.2, 0.25) is 0 Å². The maximum absolute atomic E-state index is 11.9. The van der Waals surface area contributed by atoms with Crippen LogP contribution in [0.1, 0.15) is 37.6 Å². The molecule has 0 aliphatic heterocycles. The van der Waals surface area contributed by atoms with E-state index >= 15 is 0 Å². The Hall–Kier alpha value is -2.24. The van der Waals surface area contributed by atoms with Crippen LogP contribution in [-0.2, 0) is 0 Å². The zero-order valence-corrected chi connectivity index (χ0v) is 12.8. The molecule has 3 N–H and O–H groups in total. The first-order valence-corrected chi connectivity index (χ1v) is 6.87. The van der Waals surface area contributed by atoms with Crippen molar-refractivity contribution in [3.05, 3.63) is 23.8 Å². The van der Waals surface area contributed by atoms with Gasteiger partial charge in [-0.15, -0.1) is 0 Å². The minimum atomic E-state index is -1.13. The van der Waals surface area contributed by atoms with E-state index in [1.54, 1.807) is 6.07 Å². The molecule has 1 aromatic carbocycles. The molecule has 0 aromatic heterocycles. The van der Waals surface area contributed by atoms with E-state index in [1.807, 2.05) is 20.8 Å². The molecule has 0 heterocycles. The van der Waals surface area contributed by atoms with Crippen LogP contribution in [0, 0.1) is 5.92 Å². The van der Waals surface area contributed by atoms with Crippen molar-refractivity contribution in [2.45, 2.75) is 33.2 Å². The van der Waals surface area contributed by atoms with Gasteiger partial charge in [-0.3, -0.25) is 0 Å². The maximum atomic E-state index is 11.9. The van der Waals surface area contributed by atoms with Gasteiger partial charge in [-0.1, -0.05) is 20.3 Å². The molecule has 0 saturated heterocycles. The maximum Gasteiger partial charge on any atom is 0.337 e. The molecule has 0 fully saturated rings. The van der Waals surface area contributed by atoms with Crippen molar-refractivity contribution in [3.8, 4) is 5.75 Å². The van der Waals surface area contributed by atoms with Gasteiger partial charge in [0.1, 0.15) is 5.75 Å². The first-order valence-electron chi connectivity index (χ1n) is 6.87. The molecule has 0 saturated carbocycles. The Kier molecular flexibility index (Phi) is 6.02. The quantitative estimate of drug-likeness (QED) is 0.752. The Bertz CT molecular complexity index is 516. The molecule has 0 bridgehead atoms. The molecule has 2 amide bonds. The van der Waals surface area contributed by atoms with Gasteiger partial charge in [-0.2, -0.15) is 0 Å². The summed E-state index contributed by atoms with van der Waals surface area (Å²) in [4.78, 5) is 23.1. The minimum absolute atomic E-state index is 0.00141. The number of urea groups is 1. The van der Waals surface area contributed by atoms with Crippen molar-refractivity contribution in [1.29, 1.82) is 0 Å². The van der Waals surface area contributed by atoms with E-state index in [2.05, 4.69) is 10.6 Å². The highest BCUT2D eigenvalue weighted by Crippen LogP contribution is 2.22. The number of carboxylic acids is 1. The number of aromatic carboxylic acids is 1. The molecule has 21 heavy (non-hydrogen) atoms. The third-order valence-corrected chi connectivity index (χ3v) is 3.56. The third kappa shape index (κ3) is 4.66. The van der Waals surface area contributed by atoms with E-state index in [9.17, 15) is 14.7 Å². The number of carbonyl (C=O) groups is 2. The van der Waals surface area contributed by atoms with Crippen LogP contribution in [-0.4, -0.2) is 30.3 Å². The van der Waals surface area contributed by atoms with E-state index in [0.717, 1.165) is 6.42 Å². The smallest absolute Gasteiger partial charge is 0.337 e. The summed E-state index contributed by atoms with van der Waals surface area (Å²) in [5, 5.41) is 14.5. The molecular weight excluding hydrogens is 272 g/mol. The van der Waals surface area contributed by atoms with Crippen LogP contribution in [0.15, 0.2) is 18.2 Å². The average molecular weight is 294 g/mol. The lowest BCUT2D eigenvalue weighted by molar-refractivity contribution is 0.0697. The number of rotatable bonds is 6. The fourth-order valence-electron chi connectivity index (χ4n) is 1.80.